The fraction of sp³-hybridized carbons (Fsp3) is 0. The summed E-state index contributed by atoms with van der Waals surface area (Å²) in [7, 11) is 0. The van der Waals surface area contributed by atoms with Gasteiger partial charge in [-0.25, -0.2) is 0 Å². The molecule has 5 heteroatoms. The second-order valence-electron chi connectivity index (χ2n) is 0. The summed E-state index contributed by atoms with van der Waals surface area (Å²) < 4.78 is 0. The van der Waals surface area contributed by atoms with Crippen molar-refractivity contribution in [1.29, 1.82) is 0 Å². The van der Waals surface area contributed by atoms with E-state index in [0.717, 1.165) is 0 Å². The van der Waals surface area contributed by atoms with Gasteiger partial charge in [0.15, 0.2) is 0 Å². The van der Waals surface area contributed by atoms with Gasteiger partial charge in [-0.3, -0.25) is 25.8 Å². The van der Waals surface area contributed by atoms with Crippen molar-refractivity contribution in [3.8, 4) is 0 Å². The first-order chi connectivity index (χ1) is 1.00. The van der Waals surface area contributed by atoms with Crippen LogP contribution in [0.1, 0.15) is 0 Å². The lowest BCUT2D eigenvalue weighted by Gasteiger charge is -1.27. The summed E-state index contributed by atoms with van der Waals surface area (Å²) in [5.74, 6) is 8.00. The van der Waals surface area contributed by atoms with E-state index in [-0.39, 0.29) is 14.1 Å². The molecule has 0 amide bonds. The zero-order valence-corrected chi connectivity index (χ0v) is 2.38. The summed E-state index contributed by atoms with van der Waals surface area (Å²) in [6, 6.07) is 0. The highest BCUT2D eigenvalue weighted by atomic mass is 19.0. The van der Waals surface area contributed by atoms with Gasteiger partial charge in [-0.2, -0.15) is 0 Å². The van der Waals surface area contributed by atoms with E-state index in [2.05, 4.69) is 11.7 Å². The third-order valence-corrected chi connectivity index (χ3v) is 0. The Balaban J connectivity index is -0.00000000167. The minimum atomic E-state index is 0. The molecule has 0 aromatic rings. The van der Waals surface area contributed by atoms with Crippen LogP contribution in [0.25, 0.3) is 0 Å². The van der Waals surface area contributed by atoms with Crippen LogP contribution in [0.2, 0.25) is 0 Å². The lowest BCUT2D eigenvalue weighted by Crippen LogP contribution is -2.02. The molecule has 0 radical (unpaired) electrons. The van der Waals surface area contributed by atoms with Crippen LogP contribution in [0.15, 0.2) is 0 Å². The van der Waals surface area contributed by atoms with Crippen LogP contribution in [0, 0.1) is 0 Å². The minimum absolute atomic E-state index is 0. The van der Waals surface area contributed by atoms with Crippen molar-refractivity contribution in [2.45, 2.75) is 0 Å². The third kappa shape index (κ3) is 129. The molecule has 0 aliphatic rings. The molecule has 0 aromatic heterocycles. The highest BCUT2D eigenvalue weighted by molar-refractivity contribution is 3.26. The summed E-state index contributed by atoms with van der Waals surface area (Å²) in [6.07, 6.45) is 0. The first-order valence-electron chi connectivity index (χ1n) is 0.333. The standard InChI is InChI=1S/3FH.H4N2/c;;;1-2/h3*1H;1-2H2. The number of hydrazine groups is 1. The molecule has 0 saturated heterocycles. The number of rotatable bonds is 0. The van der Waals surface area contributed by atoms with Gasteiger partial charge in [-0.05, 0) is 0 Å². The van der Waals surface area contributed by atoms with Gasteiger partial charge < -0.3 is 0 Å². The van der Waals surface area contributed by atoms with Crippen LogP contribution in [-0.2, 0) is 0 Å². The Kier molecular flexibility index (Phi) is 8330. The summed E-state index contributed by atoms with van der Waals surface area (Å²) >= 11 is 0. The maximum Gasteiger partial charge on any atom is -0.269 e. The molecule has 0 spiro atoms. The fourth-order valence-corrected chi connectivity index (χ4v) is 0. The van der Waals surface area contributed by atoms with E-state index >= 15 is 0 Å². The van der Waals surface area contributed by atoms with Crippen molar-refractivity contribution in [3.05, 3.63) is 0 Å². The lowest BCUT2D eigenvalue weighted by molar-refractivity contribution is 1.11. The normalized spacial score (nSPS) is 1.20. The van der Waals surface area contributed by atoms with Gasteiger partial charge in [0.25, 0.3) is 0 Å². The number of nitrogens with two attached hydrogens (primary N) is 2. The maximum absolute atomic E-state index is 4.00. The molecular formula is H7F3N2. The molecule has 0 fully saturated rings. The largest absolute Gasteiger partial charge is 0.274 e. The number of halogens is 3. The van der Waals surface area contributed by atoms with E-state index in [0.29, 0.717) is 0 Å². The quantitative estimate of drug-likeness (QED) is 0.306. The smallest absolute Gasteiger partial charge is 0.269 e. The zero-order valence-electron chi connectivity index (χ0n) is 2.38. The van der Waals surface area contributed by atoms with Gasteiger partial charge >= 0.3 is 0 Å². The van der Waals surface area contributed by atoms with Crippen molar-refractivity contribution in [2.75, 3.05) is 0 Å². The average Bonchev–Trinajstić information content (AvgIpc) is 1.00. The molecule has 38 valence electrons. The van der Waals surface area contributed by atoms with Crippen molar-refractivity contribution in [2.24, 2.45) is 11.7 Å². The number of hydrogen-bond donors (Lipinski definition) is 2. The van der Waals surface area contributed by atoms with E-state index in [4.69, 9.17) is 0 Å². The van der Waals surface area contributed by atoms with Crippen molar-refractivity contribution in [3.63, 3.8) is 0 Å². The predicted octanol–water partition coefficient (Wildman–Crippen LogP) is -0.724. The summed E-state index contributed by atoms with van der Waals surface area (Å²) in [5.41, 5.74) is 0. The Morgan fingerprint density at radius 1 is 0.600 bits per heavy atom. The van der Waals surface area contributed by atoms with E-state index < -0.39 is 0 Å². The molecule has 0 atom stereocenters. The Labute approximate surface area is 27.2 Å². The minimum Gasteiger partial charge on any atom is -0.274 e. The monoisotopic (exact) mass is 92.1 g/mol. The third-order valence-electron chi connectivity index (χ3n) is 0. The highest BCUT2D eigenvalue weighted by Crippen LogP contribution is 0.422. The maximum atomic E-state index is 4.00. The van der Waals surface area contributed by atoms with Crippen molar-refractivity contribution < 1.29 is 14.1 Å². The van der Waals surface area contributed by atoms with Crippen LogP contribution in [0.4, 0.5) is 14.1 Å². The molecule has 0 aromatic carbocycles. The second-order valence-corrected chi connectivity index (χ2v) is 0. The van der Waals surface area contributed by atoms with Crippen LogP contribution >= 0.6 is 0 Å². The van der Waals surface area contributed by atoms with E-state index in [9.17, 15) is 0 Å². The van der Waals surface area contributed by atoms with E-state index in [1.807, 2.05) is 0 Å². The summed E-state index contributed by atoms with van der Waals surface area (Å²) in [6.45, 7) is 0. The molecular weight excluding hydrogens is 85.0 g/mol. The van der Waals surface area contributed by atoms with E-state index in [1.54, 1.807) is 0 Å². The number of hydrogen-bond acceptors (Lipinski definition) is 2. The van der Waals surface area contributed by atoms with Gasteiger partial charge in [-0.1, -0.05) is 0 Å². The second kappa shape index (κ2) is 324. The first-order valence-corrected chi connectivity index (χ1v) is 0.333. The lowest BCUT2D eigenvalue weighted by atomic mass is 13.0. The fourth-order valence-electron chi connectivity index (χ4n) is 0. The van der Waals surface area contributed by atoms with Gasteiger partial charge in [0.1, 0.15) is 0 Å². The molecule has 0 bridgehead atoms. The molecule has 0 aliphatic carbocycles. The average molecular weight is 92.1 g/mol. The molecule has 0 unspecified atom stereocenters. The molecule has 0 heterocycles. The topological polar surface area (TPSA) is 52.0 Å². The van der Waals surface area contributed by atoms with E-state index in [1.165, 1.54) is 0 Å². The summed E-state index contributed by atoms with van der Waals surface area (Å²) in [5, 5.41) is 0. The molecule has 0 aliphatic heterocycles. The van der Waals surface area contributed by atoms with Crippen LogP contribution in [0.5, 0.6) is 0 Å². The van der Waals surface area contributed by atoms with Crippen molar-refractivity contribution >= 4 is 0 Å². The Morgan fingerprint density at radius 2 is 0.600 bits per heavy atom. The van der Waals surface area contributed by atoms with Crippen LogP contribution in [0.3, 0.4) is 0 Å². The first kappa shape index (κ1) is 129. The Bertz CT molecular complexity index is 4.85. The molecule has 2 nitrogen and oxygen atoms in total. The van der Waals surface area contributed by atoms with Crippen LogP contribution < -0.4 is 11.7 Å². The van der Waals surface area contributed by atoms with Gasteiger partial charge in [0, 0.05) is 0 Å². The molecule has 5 heavy (non-hydrogen) atoms. The zero-order chi connectivity index (χ0) is 2.00. The Hall–Kier alpha value is -0.290. The highest BCUT2D eigenvalue weighted by Gasteiger charge is 0.726. The molecule has 0 rings (SSSR count). The Morgan fingerprint density at radius 3 is 0.600 bits per heavy atom. The predicted molar refractivity (Wildman–Crippen MR) is 15.9 cm³/mol. The van der Waals surface area contributed by atoms with Gasteiger partial charge in [-0.15, -0.1) is 0 Å². The molecule has 0 saturated carbocycles. The molecule has 4 N–H and O–H groups in total. The van der Waals surface area contributed by atoms with Crippen LogP contribution in [-0.4, -0.2) is 0 Å². The van der Waals surface area contributed by atoms with Crippen molar-refractivity contribution in [1.82, 2.24) is 0 Å². The SMILES string of the molecule is F.F.F.NN. The summed E-state index contributed by atoms with van der Waals surface area (Å²) in [4.78, 5) is 0. The van der Waals surface area contributed by atoms with Gasteiger partial charge in [0.05, 0.1) is 0 Å². The van der Waals surface area contributed by atoms with Gasteiger partial charge in [0.2, 0.25) is 0 Å².